The summed E-state index contributed by atoms with van der Waals surface area (Å²) in [7, 11) is 1.35. The first-order chi connectivity index (χ1) is 9.02. The van der Waals surface area contributed by atoms with E-state index in [0.717, 1.165) is 5.69 Å². The molecule has 0 saturated carbocycles. The van der Waals surface area contributed by atoms with Gasteiger partial charge in [0.25, 0.3) is 0 Å². The summed E-state index contributed by atoms with van der Waals surface area (Å²) in [4.78, 5) is 25.1. The molecule has 1 unspecified atom stereocenters. The molecular weight excluding hydrogens is 242 g/mol. The fourth-order valence-electron chi connectivity index (χ4n) is 2.32. The van der Waals surface area contributed by atoms with Crippen molar-refractivity contribution in [1.82, 2.24) is 0 Å². The van der Waals surface area contributed by atoms with Crippen LogP contribution in [0, 0.1) is 5.92 Å². The normalized spacial score (nSPS) is 19.1. The van der Waals surface area contributed by atoms with Crippen molar-refractivity contribution in [3.05, 3.63) is 29.8 Å². The number of amides is 1. The maximum absolute atomic E-state index is 11.9. The number of ether oxygens (including phenoxy) is 1. The molecule has 102 valence electrons. The van der Waals surface area contributed by atoms with Gasteiger partial charge in [-0.1, -0.05) is 26.0 Å². The summed E-state index contributed by atoms with van der Waals surface area (Å²) < 4.78 is 4.70. The van der Waals surface area contributed by atoms with E-state index >= 15 is 0 Å². The number of nitrogens with zero attached hydrogens (tertiary/aromatic N) is 1. The Balaban J connectivity index is 2.14. The Bertz CT molecular complexity index is 479. The SMILES string of the molecule is COC(=O)C1CC(=O)N(c2ccc(C(C)C)cc2)C1. The first-order valence-corrected chi connectivity index (χ1v) is 6.51. The van der Waals surface area contributed by atoms with Crippen LogP contribution in [0.15, 0.2) is 24.3 Å². The molecule has 1 heterocycles. The van der Waals surface area contributed by atoms with Gasteiger partial charge in [0.05, 0.1) is 13.0 Å². The monoisotopic (exact) mass is 261 g/mol. The van der Waals surface area contributed by atoms with Crippen LogP contribution in [0.1, 0.15) is 31.7 Å². The second kappa shape index (κ2) is 5.43. The molecule has 1 fully saturated rings. The molecule has 0 aromatic heterocycles. The van der Waals surface area contributed by atoms with Crippen LogP contribution in [-0.2, 0) is 14.3 Å². The minimum absolute atomic E-state index is 0.0207. The van der Waals surface area contributed by atoms with Crippen LogP contribution in [-0.4, -0.2) is 25.5 Å². The minimum atomic E-state index is -0.345. The van der Waals surface area contributed by atoms with E-state index in [9.17, 15) is 9.59 Å². The van der Waals surface area contributed by atoms with Crippen molar-refractivity contribution in [1.29, 1.82) is 0 Å². The van der Waals surface area contributed by atoms with Crippen molar-refractivity contribution in [3.8, 4) is 0 Å². The van der Waals surface area contributed by atoms with Gasteiger partial charge in [-0.25, -0.2) is 0 Å². The number of carbonyl (C=O) groups is 2. The number of hydrogen-bond acceptors (Lipinski definition) is 3. The molecule has 1 aromatic carbocycles. The Morgan fingerprint density at radius 1 is 1.32 bits per heavy atom. The highest BCUT2D eigenvalue weighted by Crippen LogP contribution is 2.27. The Morgan fingerprint density at radius 2 is 1.95 bits per heavy atom. The van der Waals surface area contributed by atoms with Gasteiger partial charge < -0.3 is 9.64 Å². The summed E-state index contributed by atoms with van der Waals surface area (Å²) in [5, 5.41) is 0. The van der Waals surface area contributed by atoms with E-state index in [1.807, 2.05) is 24.3 Å². The second-order valence-electron chi connectivity index (χ2n) is 5.17. The van der Waals surface area contributed by atoms with Gasteiger partial charge in [-0.2, -0.15) is 0 Å². The molecule has 4 nitrogen and oxygen atoms in total. The molecule has 1 atom stereocenters. The molecular formula is C15H19NO3. The van der Waals surface area contributed by atoms with Crippen LogP contribution in [0.4, 0.5) is 5.69 Å². The third-order valence-corrected chi connectivity index (χ3v) is 3.53. The zero-order valence-electron chi connectivity index (χ0n) is 11.6. The van der Waals surface area contributed by atoms with E-state index in [4.69, 9.17) is 4.74 Å². The van der Waals surface area contributed by atoms with Gasteiger partial charge in [0.1, 0.15) is 0 Å². The molecule has 2 rings (SSSR count). The highest BCUT2D eigenvalue weighted by Gasteiger charge is 2.35. The Kier molecular flexibility index (Phi) is 3.88. The Labute approximate surface area is 113 Å². The lowest BCUT2D eigenvalue weighted by atomic mass is 10.0. The minimum Gasteiger partial charge on any atom is -0.469 e. The number of anilines is 1. The molecule has 4 heteroatoms. The van der Waals surface area contributed by atoms with E-state index in [1.54, 1.807) is 4.90 Å². The zero-order chi connectivity index (χ0) is 14.0. The van der Waals surface area contributed by atoms with Crippen LogP contribution in [0.5, 0.6) is 0 Å². The van der Waals surface area contributed by atoms with Crippen LogP contribution in [0.2, 0.25) is 0 Å². The lowest BCUT2D eigenvalue weighted by Gasteiger charge is -2.17. The molecule has 0 bridgehead atoms. The lowest BCUT2D eigenvalue weighted by Crippen LogP contribution is -2.26. The van der Waals surface area contributed by atoms with E-state index in [1.165, 1.54) is 12.7 Å². The lowest BCUT2D eigenvalue weighted by molar-refractivity contribution is -0.145. The van der Waals surface area contributed by atoms with E-state index in [-0.39, 0.29) is 24.2 Å². The van der Waals surface area contributed by atoms with Crippen LogP contribution in [0.25, 0.3) is 0 Å². The summed E-state index contributed by atoms with van der Waals surface area (Å²) in [6.07, 6.45) is 0.235. The summed E-state index contributed by atoms with van der Waals surface area (Å²) in [5.74, 6) is -0.212. The number of esters is 1. The molecule has 1 saturated heterocycles. The summed E-state index contributed by atoms with van der Waals surface area (Å²) >= 11 is 0. The molecule has 0 radical (unpaired) electrons. The molecule has 0 aliphatic carbocycles. The topological polar surface area (TPSA) is 46.6 Å². The number of methoxy groups -OCH3 is 1. The number of hydrogen-bond donors (Lipinski definition) is 0. The number of rotatable bonds is 3. The van der Waals surface area contributed by atoms with E-state index in [2.05, 4.69) is 13.8 Å². The molecule has 1 aromatic rings. The van der Waals surface area contributed by atoms with Gasteiger partial charge in [-0.15, -0.1) is 0 Å². The Morgan fingerprint density at radius 3 is 2.47 bits per heavy atom. The van der Waals surface area contributed by atoms with Crippen molar-refractivity contribution in [2.75, 3.05) is 18.6 Å². The van der Waals surface area contributed by atoms with Gasteiger partial charge in [0, 0.05) is 18.7 Å². The van der Waals surface area contributed by atoms with Crippen molar-refractivity contribution in [2.45, 2.75) is 26.2 Å². The Hall–Kier alpha value is -1.84. The third-order valence-electron chi connectivity index (χ3n) is 3.53. The molecule has 19 heavy (non-hydrogen) atoms. The van der Waals surface area contributed by atoms with Crippen molar-refractivity contribution in [3.63, 3.8) is 0 Å². The van der Waals surface area contributed by atoms with Gasteiger partial charge in [0.15, 0.2) is 0 Å². The van der Waals surface area contributed by atoms with Crippen molar-refractivity contribution < 1.29 is 14.3 Å². The predicted octanol–water partition coefficient (Wildman–Crippen LogP) is 2.34. The molecule has 1 aliphatic heterocycles. The van der Waals surface area contributed by atoms with Crippen LogP contribution >= 0.6 is 0 Å². The average molecular weight is 261 g/mol. The highest BCUT2D eigenvalue weighted by atomic mass is 16.5. The van der Waals surface area contributed by atoms with Crippen LogP contribution < -0.4 is 4.90 Å². The molecule has 0 N–H and O–H groups in total. The first kappa shape index (κ1) is 13.6. The molecule has 1 aliphatic rings. The number of carbonyl (C=O) groups excluding carboxylic acids is 2. The zero-order valence-corrected chi connectivity index (χ0v) is 11.6. The smallest absolute Gasteiger partial charge is 0.311 e. The average Bonchev–Trinajstić information content (AvgIpc) is 2.80. The summed E-state index contributed by atoms with van der Waals surface area (Å²) in [6, 6.07) is 7.93. The van der Waals surface area contributed by atoms with Gasteiger partial charge in [-0.05, 0) is 23.6 Å². The molecule has 1 amide bonds. The maximum Gasteiger partial charge on any atom is 0.311 e. The van der Waals surface area contributed by atoms with Gasteiger partial charge >= 0.3 is 5.97 Å². The standard InChI is InChI=1S/C15H19NO3/c1-10(2)11-4-6-13(7-5-11)16-9-12(8-14(16)17)15(18)19-3/h4-7,10,12H,8-9H2,1-3H3. The summed E-state index contributed by atoms with van der Waals surface area (Å²) in [6.45, 7) is 4.67. The van der Waals surface area contributed by atoms with Gasteiger partial charge in [-0.3, -0.25) is 9.59 Å². The quantitative estimate of drug-likeness (QED) is 0.785. The second-order valence-corrected chi connectivity index (χ2v) is 5.17. The fraction of sp³-hybridized carbons (Fsp3) is 0.467. The van der Waals surface area contributed by atoms with E-state index in [0.29, 0.717) is 12.5 Å². The fourth-order valence-corrected chi connectivity index (χ4v) is 2.32. The summed E-state index contributed by atoms with van der Waals surface area (Å²) in [5.41, 5.74) is 2.08. The predicted molar refractivity (Wildman–Crippen MR) is 73.0 cm³/mol. The van der Waals surface area contributed by atoms with E-state index < -0.39 is 0 Å². The van der Waals surface area contributed by atoms with Crippen molar-refractivity contribution in [2.24, 2.45) is 5.92 Å². The third kappa shape index (κ3) is 2.78. The maximum atomic E-state index is 11.9. The van der Waals surface area contributed by atoms with Crippen molar-refractivity contribution >= 4 is 17.6 Å². The largest absolute Gasteiger partial charge is 0.469 e. The van der Waals surface area contributed by atoms with Crippen LogP contribution in [0.3, 0.4) is 0 Å². The van der Waals surface area contributed by atoms with Gasteiger partial charge in [0.2, 0.25) is 5.91 Å². The number of benzene rings is 1. The molecule has 0 spiro atoms. The first-order valence-electron chi connectivity index (χ1n) is 6.51. The highest BCUT2D eigenvalue weighted by molar-refractivity contribution is 5.99.